The molecule has 0 aromatic heterocycles. The highest BCUT2D eigenvalue weighted by atomic mass is 19.1. The Morgan fingerprint density at radius 2 is 1.82 bits per heavy atom. The summed E-state index contributed by atoms with van der Waals surface area (Å²) in [6.45, 7) is 1.80. The first-order valence-electron chi connectivity index (χ1n) is 6.53. The van der Waals surface area contributed by atoms with Gasteiger partial charge in [0.15, 0.2) is 0 Å². The summed E-state index contributed by atoms with van der Waals surface area (Å²) >= 11 is 0. The molecule has 0 spiro atoms. The van der Waals surface area contributed by atoms with Crippen LogP contribution >= 0.6 is 0 Å². The van der Waals surface area contributed by atoms with Gasteiger partial charge >= 0.3 is 0 Å². The van der Waals surface area contributed by atoms with Gasteiger partial charge in [-0.05, 0) is 42.8 Å². The van der Waals surface area contributed by atoms with Crippen LogP contribution < -0.4 is 5.43 Å². The minimum atomic E-state index is -0.455. The predicted molar refractivity (Wildman–Crippen MR) is 85.3 cm³/mol. The van der Waals surface area contributed by atoms with Crippen LogP contribution in [0.3, 0.4) is 0 Å². The molecule has 2 aromatic rings. The molecule has 2 aromatic carbocycles. The van der Waals surface area contributed by atoms with Crippen molar-refractivity contribution in [3.05, 3.63) is 76.1 Å². The van der Waals surface area contributed by atoms with Crippen molar-refractivity contribution in [1.82, 2.24) is 0 Å². The van der Waals surface area contributed by atoms with Gasteiger partial charge in [0.2, 0.25) is 0 Å². The van der Waals surface area contributed by atoms with E-state index in [1.807, 2.05) is 6.08 Å². The van der Waals surface area contributed by atoms with Crippen molar-refractivity contribution in [2.45, 2.75) is 6.92 Å². The van der Waals surface area contributed by atoms with Gasteiger partial charge in [-0.25, -0.2) is 4.39 Å². The zero-order chi connectivity index (χ0) is 15.9. The van der Waals surface area contributed by atoms with Crippen LogP contribution in [-0.4, -0.2) is 10.6 Å². The largest absolute Gasteiger partial charge is 0.278 e. The summed E-state index contributed by atoms with van der Waals surface area (Å²) in [5.74, 6) is -0.276. The van der Waals surface area contributed by atoms with Crippen LogP contribution in [0.4, 0.5) is 15.8 Å². The van der Waals surface area contributed by atoms with Crippen molar-refractivity contribution in [2.24, 2.45) is 5.10 Å². The molecule has 112 valence electrons. The van der Waals surface area contributed by atoms with Gasteiger partial charge < -0.3 is 0 Å². The van der Waals surface area contributed by atoms with E-state index in [0.29, 0.717) is 11.4 Å². The highest BCUT2D eigenvalue weighted by molar-refractivity contribution is 5.96. The van der Waals surface area contributed by atoms with Crippen LogP contribution in [0.25, 0.3) is 6.08 Å². The molecule has 0 aliphatic carbocycles. The van der Waals surface area contributed by atoms with E-state index in [1.54, 1.807) is 37.3 Å². The highest BCUT2D eigenvalue weighted by Gasteiger charge is 2.02. The minimum Gasteiger partial charge on any atom is -0.278 e. The third kappa shape index (κ3) is 4.52. The maximum atomic E-state index is 12.8. The molecular formula is C16H14FN3O2. The van der Waals surface area contributed by atoms with Crippen molar-refractivity contribution in [3.63, 3.8) is 0 Å². The number of hydrogen-bond acceptors (Lipinski definition) is 4. The highest BCUT2D eigenvalue weighted by Crippen LogP contribution is 2.15. The normalized spacial score (nSPS) is 11.6. The van der Waals surface area contributed by atoms with E-state index in [9.17, 15) is 14.5 Å². The van der Waals surface area contributed by atoms with Gasteiger partial charge in [-0.3, -0.25) is 15.5 Å². The summed E-state index contributed by atoms with van der Waals surface area (Å²) in [6.07, 6.45) is 3.60. The second-order valence-electron chi connectivity index (χ2n) is 4.55. The van der Waals surface area contributed by atoms with E-state index < -0.39 is 4.92 Å². The number of nitrogens with zero attached hydrogens (tertiary/aromatic N) is 2. The summed E-state index contributed by atoms with van der Waals surface area (Å²) in [7, 11) is 0. The number of anilines is 1. The third-order valence-electron chi connectivity index (χ3n) is 2.83. The summed E-state index contributed by atoms with van der Waals surface area (Å²) in [5, 5.41) is 14.7. The molecule has 5 nitrogen and oxygen atoms in total. The van der Waals surface area contributed by atoms with Crippen molar-refractivity contribution in [1.29, 1.82) is 0 Å². The molecule has 0 fully saturated rings. The first kappa shape index (κ1) is 15.4. The molecule has 6 heteroatoms. The molecule has 0 aliphatic rings. The number of non-ortho nitro benzene ring substituents is 1. The van der Waals surface area contributed by atoms with Crippen molar-refractivity contribution in [2.75, 3.05) is 5.43 Å². The second kappa shape index (κ2) is 7.12. The lowest BCUT2D eigenvalue weighted by atomic mass is 10.2. The first-order valence-corrected chi connectivity index (χ1v) is 6.53. The molecular weight excluding hydrogens is 285 g/mol. The van der Waals surface area contributed by atoms with Crippen LogP contribution in [0, 0.1) is 15.9 Å². The number of nitrogens with one attached hydrogen (secondary N) is 1. The zero-order valence-electron chi connectivity index (χ0n) is 11.9. The monoisotopic (exact) mass is 299 g/mol. The number of hydrogen-bond donors (Lipinski definition) is 1. The quantitative estimate of drug-likeness (QED) is 0.510. The van der Waals surface area contributed by atoms with Crippen LogP contribution in [0.15, 0.2) is 59.7 Å². The average Bonchev–Trinajstić information content (AvgIpc) is 2.52. The maximum absolute atomic E-state index is 12.8. The Morgan fingerprint density at radius 3 is 2.41 bits per heavy atom. The second-order valence-corrected chi connectivity index (χ2v) is 4.55. The van der Waals surface area contributed by atoms with Gasteiger partial charge in [0, 0.05) is 12.1 Å². The van der Waals surface area contributed by atoms with Gasteiger partial charge in [-0.15, -0.1) is 0 Å². The smallest absolute Gasteiger partial charge is 0.269 e. The number of halogens is 1. The molecule has 0 aliphatic heterocycles. The lowest BCUT2D eigenvalue weighted by Gasteiger charge is -2.00. The zero-order valence-corrected chi connectivity index (χ0v) is 11.9. The number of nitro groups is 1. The SMILES string of the molecule is CC(/C=C/c1ccc(F)cc1)=N/Nc1ccc([N+](=O)[O-])cc1. The van der Waals surface area contributed by atoms with E-state index in [4.69, 9.17) is 0 Å². The molecule has 0 saturated heterocycles. The van der Waals surface area contributed by atoms with Gasteiger partial charge in [0.25, 0.3) is 5.69 Å². The van der Waals surface area contributed by atoms with Crippen LogP contribution in [0.2, 0.25) is 0 Å². The van der Waals surface area contributed by atoms with Crippen LogP contribution in [0.1, 0.15) is 12.5 Å². The number of rotatable bonds is 5. The van der Waals surface area contributed by atoms with Gasteiger partial charge in [-0.2, -0.15) is 5.10 Å². The van der Waals surface area contributed by atoms with E-state index in [-0.39, 0.29) is 11.5 Å². The molecule has 0 heterocycles. The number of allylic oxidation sites excluding steroid dienone is 1. The number of hydrazone groups is 1. The van der Waals surface area contributed by atoms with Crippen molar-refractivity contribution >= 4 is 23.2 Å². The topological polar surface area (TPSA) is 67.5 Å². The Kier molecular flexibility index (Phi) is 4.98. The first-order chi connectivity index (χ1) is 10.5. The van der Waals surface area contributed by atoms with E-state index in [0.717, 1.165) is 5.56 Å². The summed E-state index contributed by atoms with van der Waals surface area (Å²) in [5.41, 5.74) is 5.07. The molecule has 0 saturated carbocycles. The molecule has 0 bridgehead atoms. The molecule has 22 heavy (non-hydrogen) atoms. The van der Waals surface area contributed by atoms with Gasteiger partial charge in [0.1, 0.15) is 5.82 Å². The Labute approximate surface area is 126 Å². The fraction of sp³-hybridized carbons (Fsp3) is 0.0625. The summed E-state index contributed by atoms with van der Waals surface area (Å²) in [6, 6.07) is 12.1. The van der Waals surface area contributed by atoms with Crippen molar-refractivity contribution in [3.8, 4) is 0 Å². The standard InChI is InChI=1S/C16H14FN3O2/c1-12(2-3-13-4-6-14(17)7-5-13)18-19-15-8-10-16(11-9-15)20(21)22/h2-11,19H,1H3/b3-2+,18-12-. The lowest BCUT2D eigenvalue weighted by Crippen LogP contribution is -1.95. The van der Waals surface area contributed by atoms with Crippen LogP contribution in [0.5, 0.6) is 0 Å². The fourth-order valence-electron chi connectivity index (χ4n) is 1.64. The van der Waals surface area contributed by atoms with Gasteiger partial charge in [-0.1, -0.05) is 18.2 Å². The molecule has 1 N–H and O–H groups in total. The molecule has 2 rings (SSSR count). The third-order valence-corrected chi connectivity index (χ3v) is 2.83. The maximum Gasteiger partial charge on any atom is 0.269 e. The number of nitro benzene ring substituents is 1. The summed E-state index contributed by atoms with van der Waals surface area (Å²) < 4.78 is 12.8. The average molecular weight is 299 g/mol. The predicted octanol–water partition coefficient (Wildman–Crippen LogP) is 4.24. The van der Waals surface area contributed by atoms with E-state index in [2.05, 4.69) is 10.5 Å². The Morgan fingerprint density at radius 1 is 1.18 bits per heavy atom. The summed E-state index contributed by atoms with van der Waals surface area (Å²) in [4.78, 5) is 10.1. The molecule has 0 radical (unpaired) electrons. The Balaban J connectivity index is 1.97. The fourth-order valence-corrected chi connectivity index (χ4v) is 1.64. The molecule has 0 atom stereocenters. The van der Waals surface area contributed by atoms with Crippen molar-refractivity contribution < 1.29 is 9.31 Å². The minimum absolute atomic E-state index is 0.0301. The Bertz CT molecular complexity index is 707. The molecule has 0 unspecified atom stereocenters. The number of benzene rings is 2. The lowest BCUT2D eigenvalue weighted by molar-refractivity contribution is -0.384. The Hall–Kier alpha value is -3.02. The molecule has 0 amide bonds. The van der Waals surface area contributed by atoms with E-state index in [1.165, 1.54) is 24.3 Å². The van der Waals surface area contributed by atoms with E-state index >= 15 is 0 Å². The van der Waals surface area contributed by atoms with Gasteiger partial charge in [0.05, 0.1) is 16.3 Å². The van der Waals surface area contributed by atoms with Crippen LogP contribution in [-0.2, 0) is 0 Å².